The molecule has 0 unspecified atom stereocenters. The maximum absolute atomic E-state index is 12.5. The van der Waals surface area contributed by atoms with E-state index in [0.717, 1.165) is 18.4 Å². The molecule has 0 atom stereocenters. The van der Waals surface area contributed by atoms with Crippen molar-refractivity contribution >= 4 is 17.9 Å². The van der Waals surface area contributed by atoms with Crippen molar-refractivity contribution in [3.05, 3.63) is 47.4 Å². The first-order chi connectivity index (χ1) is 15.4. The Morgan fingerprint density at radius 2 is 2.06 bits per heavy atom. The first kappa shape index (κ1) is 21.7. The van der Waals surface area contributed by atoms with Gasteiger partial charge in [0.15, 0.2) is 0 Å². The first-order valence-corrected chi connectivity index (χ1v) is 10.8. The van der Waals surface area contributed by atoms with E-state index in [9.17, 15) is 14.7 Å². The number of aromatic nitrogens is 2. The third-order valence-corrected chi connectivity index (χ3v) is 5.81. The third kappa shape index (κ3) is 4.54. The second-order valence-corrected chi connectivity index (χ2v) is 8.27. The number of carbonyl (C=O) groups excluding carboxylic acids is 2. The summed E-state index contributed by atoms with van der Waals surface area (Å²) in [5, 5.41) is 13.4. The quantitative estimate of drug-likeness (QED) is 0.578. The lowest BCUT2D eigenvalue weighted by molar-refractivity contribution is -0.134. The molecule has 2 aliphatic rings. The van der Waals surface area contributed by atoms with Crippen LogP contribution in [0, 0.1) is 5.92 Å². The molecule has 2 amide bonds. The molecule has 2 fully saturated rings. The number of carbonyl (C=O) groups is 2. The molecule has 1 aromatic heterocycles. The minimum Gasteiger partial charge on any atom is -0.507 e. The number of imidazole rings is 1. The molecule has 2 heterocycles. The number of aromatic hydroxyl groups is 1. The van der Waals surface area contributed by atoms with Gasteiger partial charge in [-0.3, -0.25) is 9.59 Å². The Kier molecular flexibility index (Phi) is 6.03. The molecule has 8 heteroatoms. The van der Waals surface area contributed by atoms with Crippen LogP contribution in [0.2, 0.25) is 0 Å². The number of benzene rings is 1. The van der Waals surface area contributed by atoms with Gasteiger partial charge in [-0.1, -0.05) is 12.2 Å². The van der Waals surface area contributed by atoms with E-state index in [1.165, 1.54) is 13.2 Å². The largest absolute Gasteiger partial charge is 0.507 e. The summed E-state index contributed by atoms with van der Waals surface area (Å²) in [5.74, 6) is 0.860. The Morgan fingerprint density at radius 1 is 1.31 bits per heavy atom. The number of likely N-dealkylation sites (tertiary alicyclic amines) is 1. The topological polar surface area (TPSA) is 108 Å². The van der Waals surface area contributed by atoms with Crippen LogP contribution in [0.3, 0.4) is 0 Å². The Bertz CT molecular complexity index is 1090. The predicted octanol–water partition coefficient (Wildman–Crippen LogP) is 3.12. The van der Waals surface area contributed by atoms with Gasteiger partial charge in [-0.2, -0.15) is 0 Å². The smallest absolute Gasteiger partial charge is 0.259 e. The fourth-order valence-electron chi connectivity index (χ4n) is 3.79. The highest BCUT2D eigenvalue weighted by Gasteiger charge is 2.30. The highest BCUT2D eigenvalue weighted by Crippen LogP contribution is 2.35. The van der Waals surface area contributed by atoms with Crippen LogP contribution in [-0.2, 0) is 4.79 Å². The van der Waals surface area contributed by atoms with E-state index in [1.807, 2.05) is 30.1 Å². The molecule has 1 saturated carbocycles. The van der Waals surface area contributed by atoms with Gasteiger partial charge in [0, 0.05) is 37.5 Å². The van der Waals surface area contributed by atoms with Crippen molar-refractivity contribution in [3.8, 4) is 22.8 Å². The minimum absolute atomic E-state index is 0.0874. The monoisotopic (exact) mass is 436 g/mol. The fraction of sp³-hybridized carbons (Fsp3) is 0.375. The molecule has 1 aliphatic heterocycles. The molecule has 1 aromatic carbocycles. The van der Waals surface area contributed by atoms with Gasteiger partial charge in [-0.15, -0.1) is 0 Å². The second kappa shape index (κ2) is 8.90. The molecule has 0 spiro atoms. The molecule has 1 aliphatic carbocycles. The van der Waals surface area contributed by atoms with E-state index in [-0.39, 0.29) is 35.1 Å². The van der Waals surface area contributed by atoms with Crippen LogP contribution in [0.5, 0.6) is 11.5 Å². The maximum Gasteiger partial charge on any atom is 0.259 e. The summed E-state index contributed by atoms with van der Waals surface area (Å²) >= 11 is 0. The van der Waals surface area contributed by atoms with Crippen molar-refractivity contribution in [2.24, 2.45) is 5.92 Å². The summed E-state index contributed by atoms with van der Waals surface area (Å²) in [6.45, 7) is 4.94. The number of ether oxygens (including phenoxy) is 1. The normalized spacial score (nSPS) is 16.8. The highest BCUT2D eigenvalue weighted by atomic mass is 16.5. The fourth-order valence-corrected chi connectivity index (χ4v) is 3.79. The van der Waals surface area contributed by atoms with Crippen molar-refractivity contribution in [1.29, 1.82) is 0 Å². The molecule has 32 heavy (non-hydrogen) atoms. The molecule has 3 N–H and O–H groups in total. The molecular weight excluding hydrogens is 408 g/mol. The lowest BCUT2D eigenvalue weighted by Crippen LogP contribution is -2.49. The van der Waals surface area contributed by atoms with Gasteiger partial charge in [0.2, 0.25) is 5.91 Å². The Hall–Kier alpha value is -3.55. The summed E-state index contributed by atoms with van der Waals surface area (Å²) in [5.41, 5.74) is 2.59. The third-order valence-electron chi connectivity index (χ3n) is 5.81. The van der Waals surface area contributed by atoms with E-state index < -0.39 is 0 Å². The molecule has 0 bridgehead atoms. The van der Waals surface area contributed by atoms with Gasteiger partial charge in [0.1, 0.15) is 22.9 Å². The minimum atomic E-state index is -0.335. The number of methoxy groups -OCH3 is 1. The summed E-state index contributed by atoms with van der Waals surface area (Å²) in [6, 6.07) is 3.43. The average molecular weight is 437 g/mol. The second-order valence-electron chi connectivity index (χ2n) is 8.27. The lowest BCUT2D eigenvalue weighted by Gasteiger charge is -2.39. The van der Waals surface area contributed by atoms with E-state index in [2.05, 4.69) is 15.3 Å². The van der Waals surface area contributed by atoms with Crippen molar-refractivity contribution in [1.82, 2.24) is 20.2 Å². The van der Waals surface area contributed by atoms with Crippen LogP contribution in [0.15, 0.2) is 36.1 Å². The van der Waals surface area contributed by atoms with Crippen molar-refractivity contribution in [2.45, 2.75) is 32.7 Å². The van der Waals surface area contributed by atoms with Crippen LogP contribution < -0.4 is 10.1 Å². The zero-order valence-electron chi connectivity index (χ0n) is 18.5. The standard InChI is InChI=1S/C24H28N4O4/c1-4-5-15(17-12-28(13-17)14(2)29)10-22-25-11-19(27-22)16-8-20(30)23(21(9-16)32-3)24(31)26-18-6-7-18/h4-5,8-11,17-18,30H,6-7,12-13H2,1-3H3,(H,25,27)(H,26,31)/b5-4-,15-10+. The Balaban J connectivity index is 1.57. The van der Waals surface area contributed by atoms with Gasteiger partial charge in [0.25, 0.3) is 5.91 Å². The van der Waals surface area contributed by atoms with E-state index >= 15 is 0 Å². The van der Waals surface area contributed by atoms with Gasteiger partial charge < -0.3 is 25.0 Å². The van der Waals surface area contributed by atoms with Gasteiger partial charge in [-0.25, -0.2) is 4.98 Å². The average Bonchev–Trinajstić information content (AvgIpc) is 3.40. The van der Waals surface area contributed by atoms with Gasteiger partial charge in [0.05, 0.1) is 19.0 Å². The molecule has 8 nitrogen and oxygen atoms in total. The molecule has 4 rings (SSSR count). The summed E-state index contributed by atoms with van der Waals surface area (Å²) in [7, 11) is 1.47. The summed E-state index contributed by atoms with van der Waals surface area (Å²) < 4.78 is 5.39. The number of allylic oxidation sites excluding steroid dienone is 2. The lowest BCUT2D eigenvalue weighted by atomic mass is 9.90. The number of hydrogen-bond acceptors (Lipinski definition) is 5. The molecular formula is C24H28N4O4. The van der Waals surface area contributed by atoms with Crippen LogP contribution >= 0.6 is 0 Å². The van der Waals surface area contributed by atoms with E-state index in [1.54, 1.807) is 19.2 Å². The number of amides is 2. The Labute approximate surface area is 187 Å². The SMILES string of the molecule is C/C=C\C(=C/c1ncc(-c2cc(O)c(C(=O)NC3CC3)c(OC)c2)[nH]1)C1CN(C(C)=O)C1. The number of hydrogen-bond donors (Lipinski definition) is 3. The van der Waals surface area contributed by atoms with Crippen molar-refractivity contribution in [3.63, 3.8) is 0 Å². The number of phenolic OH excluding ortho intramolecular Hbond substituents is 1. The first-order valence-electron chi connectivity index (χ1n) is 10.8. The van der Waals surface area contributed by atoms with Gasteiger partial charge >= 0.3 is 0 Å². The Morgan fingerprint density at radius 3 is 2.69 bits per heavy atom. The highest BCUT2D eigenvalue weighted by molar-refractivity contribution is 6.00. The molecule has 2 aromatic rings. The number of H-pyrrole nitrogens is 1. The van der Waals surface area contributed by atoms with Gasteiger partial charge in [-0.05, 0) is 43.5 Å². The molecule has 0 radical (unpaired) electrons. The van der Waals surface area contributed by atoms with Crippen molar-refractivity contribution < 1.29 is 19.4 Å². The van der Waals surface area contributed by atoms with Crippen LogP contribution in [0.4, 0.5) is 0 Å². The van der Waals surface area contributed by atoms with E-state index in [4.69, 9.17) is 4.74 Å². The number of nitrogens with zero attached hydrogens (tertiary/aromatic N) is 2. The van der Waals surface area contributed by atoms with Crippen molar-refractivity contribution in [2.75, 3.05) is 20.2 Å². The number of rotatable bonds is 7. The molecule has 1 saturated heterocycles. The zero-order chi connectivity index (χ0) is 22.8. The van der Waals surface area contributed by atoms with E-state index in [0.29, 0.717) is 35.9 Å². The van der Waals surface area contributed by atoms with Crippen LogP contribution in [0.1, 0.15) is 42.9 Å². The molecule has 168 valence electrons. The summed E-state index contributed by atoms with van der Waals surface area (Å²) in [4.78, 5) is 33.5. The zero-order valence-corrected chi connectivity index (χ0v) is 18.5. The van der Waals surface area contributed by atoms with Crippen LogP contribution in [0.25, 0.3) is 17.3 Å². The van der Waals surface area contributed by atoms with Crippen LogP contribution in [-0.4, -0.2) is 58.0 Å². The maximum atomic E-state index is 12.5. The number of nitrogens with one attached hydrogen (secondary N) is 2. The predicted molar refractivity (Wildman–Crippen MR) is 121 cm³/mol. The number of aromatic amines is 1. The summed E-state index contributed by atoms with van der Waals surface area (Å²) in [6.07, 6.45) is 9.58. The number of phenols is 1.